The van der Waals surface area contributed by atoms with Crippen molar-refractivity contribution >= 4 is 5.97 Å². The van der Waals surface area contributed by atoms with Gasteiger partial charge >= 0.3 is 5.97 Å². The van der Waals surface area contributed by atoms with E-state index in [-0.39, 0.29) is 29.0 Å². The highest BCUT2D eigenvalue weighted by Gasteiger charge is 2.27. The third-order valence-corrected chi connectivity index (χ3v) is 5.84. The number of phenolic OH excluding ortho intramolecular Hbond substituents is 1. The van der Waals surface area contributed by atoms with E-state index in [9.17, 15) is 19.8 Å². The first-order valence-electron chi connectivity index (χ1n) is 10.8. The highest BCUT2D eigenvalue weighted by atomic mass is 16.5. The third-order valence-electron chi connectivity index (χ3n) is 5.84. The number of phenols is 1. The van der Waals surface area contributed by atoms with Gasteiger partial charge < -0.3 is 29.0 Å². The quantitative estimate of drug-likeness (QED) is 0.464. The Kier molecular flexibility index (Phi) is 7.83. The van der Waals surface area contributed by atoms with Crippen LogP contribution in [0, 0.1) is 6.92 Å². The van der Waals surface area contributed by atoms with Crippen molar-refractivity contribution in [1.29, 1.82) is 0 Å². The number of hydrogen-bond acceptors (Lipinski definition) is 7. The van der Waals surface area contributed by atoms with Crippen molar-refractivity contribution in [3.63, 3.8) is 0 Å². The fourth-order valence-corrected chi connectivity index (χ4v) is 3.98. The largest absolute Gasteiger partial charge is 0.508 e. The summed E-state index contributed by atoms with van der Waals surface area (Å²) in [6.07, 6.45) is 0.402. The average Bonchev–Trinajstić information content (AvgIpc) is 2.83. The molecule has 0 fully saturated rings. The molecule has 1 atom stereocenters. The molecule has 0 bridgehead atoms. The number of benzene rings is 2. The van der Waals surface area contributed by atoms with Gasteiger partial charge in [-0.2, -0.15) is 0 Å². The van der Waals surface area contributed by atoms with Crippen molar-refractivity contribution in [1.82, 2.24) is 4.57 Å². The molecule has 0 spiro atoms. The molecule has 0 aliphatic rings. The van der Waals surface area contributed by atoms with Crippen LogP contribution in [0.2, 0.25) is 0 Å². The maximum atomic E-state index is 13.6. The number of pyridine rings is 1. The first kappa shape index (κ1) is 24.7. The van der Waals surface area contributed by atoms with Gasteiger partial charge in [-0.25, -0.2) is 0 Å². The second kappa shape index (κ2) is 10.8. The zero-order valence-corrected chi connectivity index (χ0v) is 19.7. The minimum Gasteiger partial charge on any atom is -0.508 e. The maximum Gasteiger partial charge on any atom is 0.306 e. The second-order valence-corrected chi connectivity index (χ2v) is 7.91. The Morgan fingerprint density at radius 3 is 2.26 bits per heavy atom. The Morgan fingerprint density at radius 1 is 0.971 bits per heavy atom. The number of hydrogen-bond donors (Lipinski definition) is 2. The average molecular weight is 468 g/mol. The summed E-state index contributed by atoms with van der Waals surface area (Å²) in [5.41, 5.74) is 1.86. The van der Waals surface area contributed by atoms with Crippen LogP contribution in [0.15, 0.2) is 53.3 Å². The van der Waals surface area contributed by atoms with Crippen LogP contribution < -0.4 is 15.0 Å². The lowest BCUT2D eigenvalue weighted by atomic mass is 9.88. The lowest BCUT2D eigenvalue weighted by Crippen LogP contribution is -2.29. The van der Waals surface area contributed by atoms with Crippen molar-refractivity contribution < 1.29 is 29.2 Å². The lowest BCUT2D eigenvalue weighted by molar-refractivity contribution is -0.140. The van der Waals surface area contributed by atoms with Crippen molar-refractivity contribution in [2.75, 3.05) is 21.3 Å². The number of methoxy groups -OCH3 is 3. The van der Waals surface area contributed by atoms with Gasteiger partial charge in [-0.15, -0.1) is 0 Å². The SMILES string of the molecule is COC(=O)C[C@H](c1ccc(OC)c(OC)c1)c1c(O)cc(C)n(CCc2ccc(O)cc2)c1=O. The summed E-state index contributed by atoms with van der Waals surface area (Å²) in [4.78, 5) is 25.9. The van der Waals surface area contributed by atoms with E-state index in [2.05, 4.69) is 0 Å². The Morgan fingerprint density at radius 2 is 1.65 bits per heavy atom. The summed E-state index contributed by atoms with van der Waals surface area (Å²) < 4.78 is 17.1. The number of ether oxygens (including phenoxy) is 3. The summed E-state index contributed by atoms with van der Waals surface area (Å²) in [5.74, 6) is -0.358. The molecule has 2 aromatic carbocycles. The van der Waals surface area contributed by atoms with E-state index in [1.807, 2.05) is 0 Å². The van der Waals surface area contributed by atoms with Crippen molar-refractivity contribution in [2.45, 2.75) is 32.2 Å². The van der Waals surface area contributed by atoms with Crippen LogP contribution in [0.4, 0.5) is 0 Å². The molecule has 180 valence electrons. The number of carbonyl (C=O) groups is 1. The Balaban J connectivity index is 2.08. The first-order valence-corrected chi connectivity index (χ1v) is 10.8. The highest BCUT2D eigenvalue weighted by molar-refractivity contribution is 5.71. The third kappa shape index (κ3) is 5.33. The maximum absolute atomic E-state index is 13.6. The molecule has 1 aromatic heterocycles. The first-order chi connectivity index (χ1) is 16.3. The molecule has 0 unspecified atom stereocenters. The van der Waals surface area contributed by atoms with Gasteiger partial charge in [0.2, 0.25) is 0 Å². The predicted octanol–water partition coefficient (Wildman–Crippen LogP) is 3.52. The summed E-state index contributed by atoms with van der Waals surface area (Å²) in [5, 5.41) is 20.3. The Labute approximate surface area is 198 Å². The molecule has 8 nitrogen and oxygen atoms in total. The molecular weight excluding hydrogens is 438 g/mol. The smallest absolute Gasteiger partial charge is 0.306 e. The van der Waals surface area contributed by atoms with E-state index >= 15 is 0 Å². The number of nitrogens with zero attached hydrogens (tertiary/aromatic N) is 1. The van der Waals surface area contributed by atoms with Crippen LogP contribution in [0.25, 0.3) is 0 Å². The molecule has 34 heavy (non-hydrogen) atoms. The fourth-order valence-electron chi connectivity index (χ4n) is 3.98. The van der Waals surface area contributed by atoms with Crippen LogP contribution in [0.3, 0.4) is 0 Å². The van der Waals surface area contributed by atoms with Gasteiger partial charge in [0.05, 0.1) is 33.3 Å². The number of aromatic nitrogens is 1. The van der Waals surface area contributed by atoms with Gasteiger partial charge in [-0.05, 0) is 54.8 Å². The van der Waals surface area contributed by atoms with Crippen LogP contribution in [-0.2, 0) is 22.5 Å². The molecular formula is C26H29NO7. The van der Waals surface area contributed by atoms with Crippen LogP contribution >= 0.6 is 0 Å². The molecule has 0 radical (unpaired) electrons. The summed E-state index contributed by atoms with van der Waals surface area (Å²) in [6, 6.07) is 13.4. The standard InChI is InChI=1S/C26H29NO7/c1-16-13-21(29)25(26(31)27(16)12-11-17-5-8-19(28)9-6-17)20(15-24(30)34-4)18-7-10-22(32-2)23(14-18)33-3/h5-10,13-14,20,28-29H,11-12,15H2,1-4H3/t20-/m1/s1. The lowest BCUT2D eigenvalue weighted by Gasteiger charge is -2.21. The molecule has 0 saturated heterocycles. The minimum absolute atomic E-state index is 0.105. The van der Waals surface area contributed by atoms with Crippen molar-refractivity contribution in [2.24, 2.45) is 0 Å². The van der Waals surface area contributed by atoms with E-state index in [0.29, 0.717) is 35.7 Å². The van der Waals surface area contributed by atoms with Crippen LogP contribution in [0.5, 0.6) is 23.0 Å². The van der Waals surface area contributed by atoms with Gasteiger partial charge in [0.15, 0.2) is 11.5 Å². The molecule has 0 saturated carbocycles. The Bertz CT molecular complexity index is 1220. The van der Waals surface area contributed by atoms with Gasteiger partial charge in [0, 0.05) is 18.2 Å². The molecule has 2 N–H and O–H groups in total. The summed E-state index contributed by atoms with van der Waals surface area (Å²) in [7, 11) is 4.29. The van der Waals surface area contributed by atoms with Gasteiger partial charge in [0.25, 0.3) is 5.56 Å². The van der Waals surface area contributed by atoms with E-state index in [4.69, 9.17) is 14.2 Å². The minimum atomic E-state index is -0.764. The normalized spacial score (nSPS) is 11.6. The number of aryl methyl sites for hydroxylation is 2. The second-order valence-electron chi connectivity index (χ2n) is 7.91. The van der Waals surface area contributed by atoms with E-state index in [1.165, 1.54) is 27.4 Å². The molecule has 8 heteroatoms. The monoisotopic (exact) mass is 467 g/mol. The summed E-state index contributed by atoms with van der Waals surface area (Å²) >= 11 is 0. The number of carbonyl (C=O) groups excluding carboxylic acids is 1. The molecule has 1 heterocycles. The topological polar surface area (TPSA) is 107 Å². The van der Waals surface area contributed by atoms with E-state index in [1.54, 1.807) is 54.0 Å². The van der Waals surface area contributed by atoms with E-state index in [0.717, 1.165) is 5.56 Å². The zero-order valence-electron chi connectivity index (χ0n) is 19.7. The molecule has 3 rings (SSSR count). The molecule has 0 amide bonds. The van der Waals surface area contributed by atoms with Crippen molar-refractivity contribution in [3.05, 3.63) is 81.3 Å². The number of rotatable bonds is 9. The molecule has 0 aliphatic heterocycles. The number of aromatic hydroxyl groups is 2. The Hall–Kier alpha value is -3.94. The van der Waals surface area contributed by atoms with Crippen LogP contribution in [0.1, 0.15) is 34.7 Å². The highest BCUT2D eigenvalue weighted by Crippen LogP contribution is 2.37. The number of esters is 1. The molecule has 0 aliphatic carbocycles. The molecule has 3 aromatic rings. The van der Waals surface area contributed by atoms with Gasteiger partial charge in [0.1, 0.15) is 11.5 Å². The fraction of sp³-hybridized carbons (Fsp3) is 0.308. The van der Waals surface area contributed by atoms with Crippen molar-refractivity contribution in [3.8, 4) is 23.0 Å². The zero-order chi connectivity index (χ0) is 24.8. The summed E-state index contributed by atoms with van der Waals surface area (Å²) in [6.45, 7) is 2.10. The van der Waals surface area contributed by atoms with Crippen LogP contribution in [-0.4, -0.2) is 42.1 Å². The predicted molar refractivity (Wildman–Crippen MR) is 127 cm³/mol. The van der Waals surface area contributed by atoms with Gasteiger partial charge in [-0.3, -0.25) is 9.59 Å². The van der Waals surface area contributed by atoms with E-state index < -0.39 is 11.9 Å². The van der Waals surface area contributed by atoms with Gasteiger partial charge in [-0.1, -0.05) is 18.2 Å².